The van der Waals surface area contributed by atoms with Crippen LogP contribution in [0.15, 0.2) is 17.2 Å². The first-order valence-corrected chi connectivity index (χ1v) is 5.10. The van der Waals surface area contributed by atoms with Gasteiger partial charge in [0.15, 0.2) is 0 Å². The second-order valence-corrected chi connectivity index (χ2v) is 5.14. The van der Waals surface area contributed by atoms with Gasteiger partial charge in [0.05, 0.1) is 5.69 Å². The van der Waals surface area contributed by atoms with Crippen molar-refractivity contribution in [2.45, 2.75) is 36.7 Å². The second kappa shape index (κ2) is 4.00. The van der Waals surface area contributed by atoms with Crippen LogP contribution in [0.5, 0.6) is 0 Å². The summed E-state index contributed by atoms with van der Waals surface area (Å²) in [6, 6.07) is 2.91. The molecule has 1 aromatic rings. The van der Waals surface area contributed by atoms with Gasteiger partial charge in [-0.3, -0.25) is 0 Å². The first-order valence-electron chi connectivity index (χ1n) is 4.28. The van der Waals surface area contributed by atoms with Gasteiger partial charge in [0.1, 0.15) is 5.03 Å². The van der Waals surface area contributed by atoms with Crippen LogP contribution in [0, 0.1) is 0 Å². The highest BCUT2D eigenvalue weighted by Crippen LogP contribution is 2.35. The summed E-state index contributed by atoms with van der Waals surface area (Å²) < 4.78 is 35.9. The molecule has 2 nitrogen and oxygen atoms in total. The fourth-order valence-electron chi connectivity index (χ4n) is 0.893. The summed E-state index contributed by atoms with van der Waals surface area (Å²) in [6.45, 7) is 5.77. The highest BCUT2D eigenvalue weighted by molar-refractivity contribution is 8.00. The van der Waals surface area contributed by atoms with Crippen molar-refractivity contribution in [3.63, 3.8) is 0 Å². The number of halogens is 3. The number of rotatable bonds is 1. The van der Waals surface area contributed by atoms with Crippen molar-refractivity contribution in [3.05, 3.63) is 17.8 Å². The Morgan fingerprint density at radius 1 is 1.07 bits per heavy atom. The Hall–Kier alpha value is -0.780. The largest absolute Gasteiger partial charge is 0.447 e. The lowest BCUT2D eigenvalue weighted by Gasteiger charge is -2.16. The van der Waals surface area contributed by atoms with E-state index in [0.29, 0.717) is 5.69 Å². The molecule has 0 radical (unpaired) electrons. The summed E-state index contributed by atoms with van der Waals surface area (Å²) in [4.78, 5) is 0. The smallest absolute Gasteiger partial charge is 0.160 e. The van der Waals surface area contributed by atoms with E-state index in [1.807, 2.05) is 20.8 Å². The molecule has 0 aliphatic carbocycles. The van der Waals surface area contributed by atoms with Crippen LogP contribution in [0.1, 0.15) is 26.5 Å². The second-order valence-electron chi connectivity index (χ2n) is 4.05. The van der Waals surface area contributed by atoms with Gasteiger partial charge in [0.2, 0.25) is 0 Å². The fourth-order valence-corrected chi connectivity index (χ4v) is 1.35. The minimum atomic E-state index is -4.31. The minimum Gasteiger partial charge on any atom is -0.160 e. The molecule has 1 rings (SSSR count). The Morgan fingerprint density at radius 3 is 2.00 bits per heavy atom. The van der Waals surface area contributed by atoms with E-state index in [4.69, 9.17) is 0 Å². The molecule has 0 saturated carbocycles. The quantitative estimate of drug-likeness (QED) is 0.699. The Labute approximate surface area is 90.3 Å². The molecule has 0 N–H and O–H groups in total. The molecule has 0 amide bonds. The van der Waals surface area contributed by atoms with Crippen molar-refractivity contribution in [1.29, 1.82) is 0 Å². The molecule has 1 aromatic heterocycles. The molecule has 15 heavy (non-hydrogen) atoms. The monoisotopic (exact) mass is 236 g/mol. The lowest BCUT2D eigenvalue weighted by molar-refractivity contribution is -0.0329. The van der Waals surface area contributed by atoms with Crippen molar-refractivity contribution >= 4 is 11.8 Å². The van der Waals surface area contributed by atoms with E-state index in [2.05, 4.69) is 10.2 Å². The first-order chi connectivity index (χ1) is 6.68. The van der Waals surface area contributed by atoms with Gasteiger partial charge >= 0.3 is 5.51 Å². The molecule has 0 aromatic carbocycles. The molecule has 0 unspecified atom stereocenters. The summed E-state index contributed by atoms with van der Waals surface area (Å²) in [5.74, 6) is 0. The molecule has 6 heteroatoms. The molecule has 0 saturated heterocycles. The zero-order chi connectivity index (χ0) is 11.7. The van der Waals surface area contributed by atoms with E-state index in [1.165, 1.54) is 6.07 Å². The van der Waals surface area contributed by atoms with Gasteiger partial charge < -0.3 is 0 Å². The molecule has 0 aliphatic heterocycles. The normalized spacial score (nSPS) is 12.9. The molecule has 0 bridgehead atoms. The van der Waals surface area contributed by atoms with Crippen LogP contribution in [0.4, 0.5) is 13.2 Å². The van der Waals surface area contributed by atoms with Crippen LogP contribution in [0.3, 0.4) is 0 Å². The van der Waals surface area contributed by atoms with Crippen molar-refractivity contribution in [2.24, 2.45) is 0 Å². The van der Waals surface area contributed by atoms with Gasteiger partial charge in [0, 0.05) is 17.2 Å². The third kappa shape index (κ3) is 4.07. The maximum atomic E-state index is 12.0. The van der Waals surface area contributed by atoms with Crippen molar-refractivity contribution < 1.29 is 13.2 Å². The van der Waals surface area contributed by atoms with Gasteiger partial charge in [-0.15, -0.1) is 5.10 Å². The average Bonchev–Trinajstić information content (AvgIpc) is 2.00. The van der Waals surface area contributed by atoms with E-state index < -0.39 is 5.51 Å². The Balaban J connectivity index is 2.82. The van der Waals surface area contributed by atoms with Gasteiger partial charge in [0.25, 0.3) is 0 Å². The van der Waals surface area contributed by atoms with Crippen LogP contribution < -0.4 is 0 Å². The number of alkyl halides is 3. The zero-order valence-corrected chi connectivity index (χ0v) is 9.41. The minimum absolute atomic E-state index is 0.129. The SMILES string of the molecule is CC(C)(C)c1ccc(SC(F)(F)F)nn1. The van der Waals surface area contributed by atoms with E-state index in [9.17, 15) is 13.2 Å². The first kappa shape index (κ1) is 12.3. The Kier molecular flexibility index (Phi) is 3.28. The van der Waals surface area contributed by atoms with E-state index in [-0.39, 0.29) is 22.2 Å². The molecule has 0 fully saturated rings. The summed E-state index contributed by atoms with van der Waals surface area (Å²) in [5, 5.41) is 7.16. The third-order valence-electron chi connectivity index (χ3n) is 1.63. The summed E-state index contributed by atoms with van der Waals surface area (Å²) in [6.07, 6.45) is 0. The van der Waals surface area contributed by atoms with E-state index in [1.54, 1.807) is 6.07 Å². The number of hydrogen-bond acceptors (Lipinski definition) is 3. The van der Waals surface area contributed by atoms with Crippen LogP contribution in [-0.2, 0) is 5.41 Å². The standard InChI is InChI=1S/C9H11F3N2S/c1-8(2,3)6-4-5-7(14-13-6)15-9(10,11)12/h4-5H,1-3H3. The fraction of sp³-hybridized carbons (Fsp3) is 0.556. The predicted molar refractivity (Wildman–Crippen MR) is 52.6 cm³/mol. The topological polar surface area (TPSA) is 25.8 Å². The van der Waals surface area contributed by atoms with Gasteiger partial charge in [-0.25, -0.2) is 0 Å². The summed E-state index contributed by atoms with van der Waals surface area (Å²) in [5.41, 5.74) is -3.83. The molecular weight excluding hydrogens is 225 g/mol. The third-order valence-corrected chi connectivity index (χ3v) is 2.29. The predicted octanol–water partition coefficient (Wildman–Crippen LogP) is 3.39. The Bertz CT molecular complexity index is 327. The van der Waals surface area contributed by atoms with Crippen LogP contribution in [0.2, 0.25) is 0 Å². The molecule has 84 valence electrons. The molecule has 0 spiro atoms. The summed E-state index contributed by atoms with van der Waals surface area (Å²) in [7, 11) is 0. The lowest BCUT2D eigenvalue weighted by Crippen LogP contribution is -2.14. The maximum absolute atomic E-state index is 12.0. The lowest BCUT2D eigenvalue weighted by atomic mass is 9.92. The number of nitrogens with zero attached hydrogens (tertiary/aromatic N) is 2. The highest BCUT2D eigenvalue weighted by Gasteiger charge is 2.30. The number of aromatic nitrogens is 2. The molecule has 0 aliphatic rings. The van der Waals surface area contributed by atoms with Crippen molar-refractivity contribution in [3.8, 4) is 0 Å². The number of hydrogen-bond donors (Lipinski definition) is 0. The van der Waals surface area contributed by atoms with Crippen molar-refractivity contribution in [1.82, 2.24) is 10.2 Å². The molecule has 1 heterocycles. The highest BCUT2D eigenvalue weighted by atomic mass is 32.2. The summed E-state index contributed by atoms with van der Waals surface area (Å²) >= 11 is -0.254. The van der Waals surface area contributed by atoms with Gasteiger partial charge in [-0.1, -0.05) is 20.8 Å². The van der Waals surface area contributed by atoms with Crippen LogP contribution >= 0.6 is 11.8 Å². The van der Waals surface area contributed by atoms with Gasteiger partial charge in [-0.05, 0) is 12.1 Å². The number of thioether (sulfide) groups is 1. The van der Waals surface area contributed by atoms with Crippen LogP contribution in [0.25, 0.3) is 0 Å². The Morgan fingerprint density at radius 2 is 1.67 bits per heavy atom. The zero-order valence-electron chi connectivity index (χ0n) is 8.59. The average molecular weight is 236 g/mol. The van der Waals surface area contributed by atoms with Crippen LogP contribution in [-0.4, -0.2) is 15.7 Å². The van der Waals surface area contributed by atoms with Crippen molar-refractivity contribution in [2.75, 3.05) is 0 Å². The van der Waals surface area contributed by atoms with E-state index >= 15 is 0 Å². The molecule has 0 atom stereocenters. The van der Waals surface area contributed by atoms with Gasteiger partial charge in [-0.2, -0.15) is 18.3 Å². The van der Waals surface area contributed by atoms with E-state index in [0.717, 1.165) is 0 Å². The maximum Gasteiger partial charge on any atom is 0.447 e. The molecular formula is C9H11F3N2S.